The molecule has 3 nitrogen and oxygen atoms in total. The molecule has 14 heavy (non-hydrogen) atoms. The van der Waals surface area contributed by atoms with Crippen LogP contribution < -0.4 is 4.74 Å². The van der Waals surface area contributed by atoms with Crippen LogP contribution in [-0.2, 0) is 6.42 Å². The van der Waals surface area contributed by atoms with Crippen LogP contribution >= 0.6 is 15.9 Å². The van der Waals surface area contributed by atoms with Crippen molar-refractivity contribution in [2.24, 2.45) is 0 Å². The summed E-state index contributed by atoms with van der Waals surface area (Å²) in [5.74, 6) is 0.700. The first-order valence-corrected chi connectivity index (χ1v) is 5.64. The van der Waals surface area contributed by atoms with E-state index in [1.54, 1.807) is 6.33 Å². The molecule has 1 aromatic rings. The highest BCUT2D eigenvalue weighted by atomic mass is 79.9. The highest BCUT2D eigenvalue weighted by Gasteiger charge is 2.09. The average Bonchev–Trinajstić information content (AvgIpc) is 2.11. The van der Waals surface area contributed by atoms with Crippen molar-refractivity contribution in [2.75, 3.05) is 6.61 Å². The van der Waals surface area contributed by atoms with E-state index in [1.165, 1.54) is 0 Å². The maximum atomic E-state index is 5.39. The number of halogens is 1. The van der Waals surface area contributed by atoms with Crippen LogP contribution in [0.1, 0.15) is 25.1 Å². The van der Waals surface area contributed by atoms with Gasteiger partial charge in [-0.1, -0.05) is 22.9 Å². The van der Waals surface area contributed by atoms with Crippen molar-refractivity contribution < 1.29 is 4.74 Å². The zero-order chi connectivity index (χ0) is 10.6. The van der Waals surface area contributed by atoms with Crippen LogP contribution in [0.5, 0.6) is 5.88 Å². The first-order chi connectivity index (χ1) is 6.65. The van der Waals surface area contributed by atoms with Crippen molar-refractivity contribution in [3.63, 3.8) is 0 Å². The van der Waals surface area contributed by atoms with Crippen molar-refractivity contribution >= 4 is 15.9 Å². The molecular weight excluding hydrogens is 244 g/mol. The molecule has 0 bridgehead atoms. The summed E-state index contributed by atoms with van der Waals surface area (Å²) in [6.45, 7) is 6.69. The Morgan fingerprint density at radius 1 is 1.50 bits per heavy atom. The van der Waals surface area contributed by atoms with Crippen LogP contribution in [0.2, 0.25) is 0 Å². The molecule has 0 saturated carbocycles. The second kappa shape index (κ2) is 5.29. The topological polar surface area (TPSA) is 35.0 Å². The van der Waals surface area contributed by atoms with E-state index in [2.05, 4.69) is 32.8 Å². The fraction of sp³-hybridized carbons (Fsp3) is 0.600. The van der Waals surface area contributed by atoms with Gasteiger partial charge in [0, 0.05) is 16.8 Å². The summed E-state index contributed by atoms with van der Waals surface area (Å²) in [5.41, 5.74) is 2.09. The number of ether oxygens (including phenoxy) is 1. The van der Waals surface area contributed by atoms with E-state index in [1.807, 2.05) is 13.8 Å². The molecule has 1 unspecified atom stereocenters. The van der Waals surface area contributed by atoms with Gasteiger partial charge >= 0.3 is 0 Å². The van der Waals surface area contributed by atoms with Crippen LogP contribution in [0, 0.1) is 6.92 Å². The molecule has 1 heterocycles. The number of rotatable bonds is 4. The van der Waals surface area contributed by atoms with Gasteiger partial charge in [0.1, 0.15) is 6.33 Å². The molecule has 0 aliphatic carbocycles. The highest BCUT2D eigenvalue weighted by molar-refractivity contribution is 9.09. The molecular formula is C10H15BrN2O. The molecule has 1 rings (SSSR count). The smallest absolute Gasteiger partial charge is 0.219 e. The van der Waals surface area contributed by atoms with Crippen molar-refractivity contribution in [2.45, 2.75) is 32.0 Å². The first kappa shape index (κ1) is 11.4. The van der Waals surface area contributed by atoms with Crippen LogP contribution in [0.4, 0.5) is 0 Å². The third-order valence-corrected chi connectivity index (χ3v) is 2.22. The summed E-state index contributed by atoms with van der Waals surface area (Å²) >= 11 is 3.51. The van der Waals surface area contributed by atoms with Gasteiger partial charge in [0.15, 0.2) is 0 Å². The molecule has 0 spiro atoms. The van der Waals surface area contributed by atoms with Gasteiger partial charge in [-0.05, 0) is 13.8 Å². The number of hydrogen-bond acceptors (Lipinski definition) is 3. The Balaban J connectivity index is 2.89. The molecule has 0 saturated heterocycles. The Labute approximate surface area is 93.0 Å². The fourth-order valence-electron chi connectivity index (χ4n) is 1.22. The van der Waals surface area contributed by atoms with Gasteiger partial charge in [-0.15, -0.1) is 0 Å². The summed E-state index contributed by atoms with van der Waals surface area (Å²) < 4.78 is 5.39. The van der Waals surface area contributed by atoms with E-state index in [-0.39, 0.29) is 0 Å². The summed E-state index contributed by atoms with van der Waals surface area (Å²) in [6, 6.07) is 0. The van der Waals surface area contributed by atoms with Gasteiger partial charge in [0.25, 0.3) is 0 Å². The Kier molecular flexibility index (Phi) is 4.32. The van der Waals surface area contributed by atoms with Gasteiger partial charge in [0.2, 0.25) is 5.88 Å². The lowest BCUT2D eigenvalue weighted by Crippen LogP contribution is -2.06. The maximum absolute atomic E-state index is 5.39. The van der Waals surface area contributed by atoms with Crippen LogP contribution in [0.3, 0.4) is 0 Å². The molecule has 0 amide bonds. The minimum Gasteiger partial charge on any atom is -0.478 e. The Bertz CT molecular complexity index is 302. The van der Waals surface area contributed by atoms with E-state index >= 15 is 0 Å². The lowest BCUT2D eigenvalue weighted by atomic mass is 10.1. The highest BCUT2D eigenvalue weighted by Crippen LogP contribution is 2.18. The molecule has 0 N–H and O–H groups in total. The van der Waals surface area contributed by atoms with E-state index in [4.69, 9.17) is 4.74 Å². The fourth-order valence-corrected chi connectivity index (χ4v) is 1.53. The van der Waals surface area contributed by atoms with Crippen molar-refractivity contribution in [1.82, 2.24) is 9.97 Å². The number of nitrogens with zero attached hydrogens (tertiary/aromatic N) is 2. The third-order valence-electron chi connectivity index (χ3n) is 1.90. The standard InChI is InChI=1S/C10H15BrN2O/c1-4-14-10-8(3)9(5-7(2)11)12-6-13-10/h6-7H,4-5H2,1-3H3. The van der Waals surface area contributed by atoms with Gasteiger partial charge in [-0.2, -0.15) is 0 Å². The molecule has 0 aromatic carbocycles. The minimum absolute atomic E-state index is 0.422. The SMILES string of the molecule is CCOc1ncnc(CC(C)Br)c1C. The quantitative estimate of drug-likeness (QED) is 0.779. The van der Waals surface area contributed by atoms with Crippen molar-refractivity contribution in [3.8, 4) is 5.88 Å². The zero-order valence-corrected chi connectivity index (χ0v) is 10.3. The zero-order valence-electron chi connectivity index (χ0n) is 8.75. The minimum atomic E-state index is 0.422. The van der Waals surface area contributed by atoms with E-state index in [0.29, 0.717) is 17.3 Å². The van der Waals surface area contributed by atoms with E-state index < -0.39 is 0 Å². The molecule has 1 atom stereocenters. The normalized spacial score (nSPS) is 12.6. The van der Waals surface area contributed by atoms with Gasteiger partial charge in [-0.25, -0.2) is 9.97 Å². The number of aromatic nitrogens is 2. The second-order valence-electron chi connectivity index (χ2n) is 3.17. The summed E-state index contributed by atoms with van der Waals surface area (Å²) in [4.78, 5) is 8.75. The molecule has 0 radical (unpaired) electrons. The average molecular weight is 259 g/mol. The molecule has 78 valence electrons. The summed E-state index contributed by atoms with van der Waals surface area (Å²) in [5, 5.41) is 0. The van der Waals surface area contributed by atoms with Crippen molar-refractivity contribution in [3.05, 3.63) is 17.6 Å². The predicted molar refractivity (Wildman–Crippen MR) is 60.0 cm³/mol. The summed E-state index contributed by atoms with van der Waals surface area (Å²) in [7, 11) is 0. The Morgan fingerprint density at radius 2 is 2.21 bits per heavy atom. The van der Waals surface area contributed by atoms with Gasteiger partial charge in [-0.3, -0.25) is 0 Å². The van der Waals surface area contributed by atoms with Crippen LogP contribution in [0.25, 0.3) is 0 Å². The first-order valence-electron chi connectivity index (χ1n) is 4.72. The third kappa shape index (κ3) is 2.94. The van der Waals surface area contributed by atoms with Gasteiger partial charge in [0.05, 0.1) is 12.3 Å². The second-order valence-corrected chi connectivity index (χ2v) is 4.73. The monoisotopic (exact) mass is 258 g/mol. The Hall–Kier alpha value is -0.640. The lowest BCUT2D eigenvalue weighted by Gasteiger charge is -2.10. The predicted octanol–water partition coefficient (Wildman–Crippen LogP) is 2.51. The van der Waals surface area contributed by atoms with E-state index in [0.717, 1.165) is 17.7 Å². The lowest BCUT2D eigenvalue weighted by molar-refractivity contribution is 0.323. The van der Waals surface area contributed by atoms with Crippen LogP contribution in [-0.4, -0.2) is 21.4 Å². The molecule has 0 aliphatic rings. The molecule has 1 aromatic heterocycles. The Morgan fingerprint density at radius 3 is 2.79 bits per heavy atom. The molecule has 0 fully saturated rings. The largest absolute Gasteiger partial charge is 0.478 e. The van der Waals surface area contributed by atoms with Crippen molar-refractivity contribution in [1.29, 1.82) is 0 Å². The van der Waals surface area contributed by atoms with Gasteiger partial charge < -0.3 is 4.74 Å². The number of alkyl halides is 1. The molecule has 4 heteroatoms. The van der Waals surface area contributed by atoms with Crippen LogP contribution in [0.15, 0.2) is 6.33 Å². The van der Waals surface area contributed by atoms with E-state index in [9.17, 15) is 0 Å². The molecule has 0 aliphatic heterocycles. The maximum Gasteiger partial charge on any atom is 0.219 e. The number of hydrogen-bond donors (Lipinski definition) is 0. The summed E-state index contributed by atoms with van der Waals surface area (Å²) in [6.07, 6.45) is 2.46.